The van der Waals surface area contributed by atoms with Gasteiger partial charge in [0.15, 0.2) is 0 Å². The molecule has 0 saturated carbocycles. The maximum absolute atomic E-state index is 13.2. The molecule has 5 heterocycles. The summed E-state index contributed by atoms with van der Waals surface area (Å²) in [6.07, 6.45) is 12.3. The molecule has 1 saturated heterocycles. The molecule has 0 aliphatic carbocycles. The lowest BCUT2D eigenvalue weighted by molar-refractivity contribution is 0.0949. The molecule has 4 aromatic rings. The Labute approximate surface area is 198 Å². The molecule has 9 heteroatoms. The molecule has 5 rings (SSSR count). The van der Waals surface area contributed by atoms with Gasteiger partial charge in [0.05, 0.1) is 35.9 Å². The van der Waals surface area contributed by atoms with E-state index >= 15 is 0 Å². The van der Waals surface area contributed by atoms with Crippen LogP contribution in [-0.2, 0) is 13.0 Å². The fraction of sp³-hybridized carbons (Fsp3) is 0.400. The number of fused-ring (bicyclic) bond motifs is 1. The number of amides is 1. The lowest BCUT2D eigenvalue weighted by atomic mass is 10.1. The minimum Gasteiger partial charge on any atom is -0.356 e. The maximum Gasteiger partial charge on any atom is 0.255 e. The summed E-state index contributed by atoms with van der Waals surface area (Å²) in [5.41, 5.74) is 4.24. The van der Waals surface area contributed by atoms with E-state index in [4.69, 9.17) is 4.98 Å². The van der Waals surface area contributed by atoms with Crippen LogP contribution >= 0.6 is 0 Å². The van der Waals surface area contributed by atoms with Gasteiger partial charge in [0.2, 0.25) is 0 Å². The zero-order valence-electron chi connectivity index (χ0n) is 19.7. The van der Waals surface area contributed by atoms with Gasteiger partial charge in [-0.25, -0.2) is 14.6 Å². The number of nitrogens with one attached hydrogen (secondary N) is 1. The van der Waals surface area contributed by atoms with Crippen LogP contribution in [-0.4, -0.2) is 48.1 Å². The van der Waals surface area contributed by atoms with Gasteiger partial charge in [-0.1, -0.05) is 19.4 Å². The molecule has 1 aliphatic rings. The summed E-state index contributed by atoms with van der Waals surface area (Å²) in [5, 5.41) is 7.59. The largest absolute Gasteiger partial charge is 0.356 e. The Morgan fingerprint density at radius 1 is 1.12 bits per heavy atom. The van der Waals surface area contributed by atoms with Gasteiger partial charge in [-0.2, -0.15) is 10.1 Å². The van der Waals surface area contributed by atoms with Crippen molar-refractivity contribution in [3.63, 3.8) is 0 Å². The van der Waals surface area contributed by atoms with Crippen LogP contribution in [0.2, 0.25) is 0 Å². The first-order chi connectivity index (χ1) is 16.7. The Balaban J connectivity index is 1.42. The average molecular weight is 459 g/mol. The number of rotatable bonds is 8. The van der Waals surface area contributed by atoms with Crippen molar-refractivity contribution in [2.24, 2.45) is 0 Å². The lowest BCUT2D eigenvalue weighted by Crippen LogP contribution is -2.25. The maximum atomic E-state index is 13.2. The van der Waals surface area contributed by atoms with Crippen molar-refractivity contribution < 1.29 is 4.79 Å². The zero-order valence-corrected chi connectivity index (χ0v) is 19.7. The second kappa shape index (κ2) is 9.62. The third kappa shape index (κ3) is 4.25. The summed E-state index contributed by atoms with van der Waals surface area (Å²) < 4.78 is 3.71. The molecule has 9 nitrogen and oxygen atoms in total. The number of carbonyl (C=O) groups excluding carboxylic acids is 1. The molecule has 1 amide bonds. The molecule has 1 N–H and O–H groups in total. The van der Waals surface area contributed by atoms with E-state index in [-0.39, 0.29) is 5.91 Å². The predicted molar refractivity (Wildman–Crippen MR) is 130 cm³/mol. The SMILES string of the molecule is CCCCc1c(C(=O)NCc2cnc3ccccn23)cnn1-c1ncc(C)c(N2CCCC2)n1. The molecule has 0 aromatic carbocycles. The van der Waals surface area contributed by atoms with Crippen molar-refractivity contribution in [3.8, 4) is 5.95 Å². The number of nitrogens with zero attached hydrogens (tertiary/aromatic N) is 7. The van der Waals surface area contributed by atoms with Crippen molar-refractivity contribution in [1.29, 1.82) is 0 Å². The summed E-state index contributed by atoms with van der Waals surface area (Å²) in [7, 11) is 0. The van der Waals surface area contributed by atoms with E-state index in [0.717, 1.165) is 60.8 Å². The van der Waals surface area contributed by atoms with E-state index in [1.807, 2.05) is 41.9 Å². The number of pyridine rings is 1. The number of carbonyl (C=O) groups is 1. The van der Waals surface area contributed by atoms with Crippen LogP contribution in [0.1, 0.15) is 59.9 Å². The molecular weight excluding hydrogens is 428 g/mol. The first kappa shape index (κ1) is 22.1. The second-order valence-corrected chi connectivity index (χ2v) is 8.75. The van der Waals surface area contributed by atoms with Gasteiger partial charge in [0, 0.05) is 31.0 Å². The van der Waals surface area contributed by atoms with Crippen molar-refractivity contribution >= 4 is 17.4 Å². The van der Waals surface area contributed by atoms with Crippen LogP contribution < -0.4 is 10.2 Å². The summed E-state index contributed by atoms with van der Waals surface area (Å²) in [6.45, 7) is 6.57. The highest BCUT2D eigenvalue weighted by atomic mass is 16.1. The molecular formula is C25H30N8O. The van der Waals surface area contributed by atoms with E-state index in [1.54, 1.807) is 17.1 Å². The standard InChI is InChI=1S/C25H30N8O/c1-3-4-9-21-20(24(34)27-16-19-15-26-22-10-5-6-13-32(19)22)17-29-33(21)25-28-14-18(2)23(30-25)31-11-7-8-12-31/h5-6,10,13-15,17H,3-4,7-9,11-12,16H2,1-2H3,(H,27,34). The minimum absolute atomic E-state index is 0.157. The van der Waals surface area contributed by atoms with Crippen molar-refractivity contribution in [3.05, 3.63) is 65.5 Å². The van der Waals surface area contributed by atoms with Crippen LogP contribution in [0.4, 0.5) is 5.82 Å². The van der Waals surface area contributed by atoms with Crippen LogP contribution in [0.3, 0.4) is 0 Å². The zero-order chi connectivity index (χ0) is 23.5. The smallest absolute Gasteiger partial charge is 0.255 e. The summed E-state index contributed by atoms with van der Waals surface area (Å²) >= 11 is 0. The fourth-order valence-corrected chi connectivity index (χ4v) is 4.48. The number of hydrogen-bond donors (Lipinski definition) is 1. The number of unbranched alkanes of at least 4 members (excludes halogenated alkanes) is 1. The molecule has 0 atom stereocenters. The van der Waals surface area contributed by atoms with Crippen LogP contribution in [0.25, 0.3) is 11.6 Å². The van der Waals surface area contributed by atoms with Gasteiger partial charge in [-0.05, 0) is 44.7 Å². The molecule has 0 bridgehead atoms. The summed E-state index contributed by atoms with van der Waals surface area (Å²) in [4.78, 5) is 29.3. The number of aryl methyl sites for hydroxylation is 1. The van der Waals surface area contributed by atoms with Crippen molar-refractivity contribution in [1.82, 2.24) is 34.4 Å². The van der Waals surface area contributed by atoms with E-state index in [9.17, 15) is 4.79 Å². The number of aromatic nitrogens is 6. The first-order valence-corrected chi connectivity index (χ1v) is 12.0. The third-order valence-electron chi connectivity index (χ3n) is 6.33. The molecule has 176 valence electrons. The molecule has 4 aromatic heterocycles. The Morgan fingerprint density at radius 3 is 2.79 bits per heavy atom. The summed E-state index contributed by atoms with van der Waals surface area (Å²) in [5.74, 6) is 1.31. The molecule has 0 spiro atoms. The van der Waals surface area contributed by atoms with Gasteiger partial charge in [-0.15, -0.1) is 0 Å². The Morgan fingerprint density at radius 2 is 1.97 bits per heavy atom. The van der Waals surface area contributed by atoms with Crippen LogP contribution in [0.15, 0.2) is 43.0 Å². The quantitative estimate of drug-likeness (QED) is 0.434. The molecule has 34 heavy (non-hydrogen) atoms. The Hall–Kier alpha value is -3.75. The Bertz CT molecular complexity index is 1300. The highest BCUT2D eigenvalue weighted by Gasteiger charge is 2.22. The Kier molecular flexibility index (Phi) is 6.24. The third-order valence-corrected chi connectivity index (χ3v) is 6.33. The van der Waals surface area contributed by atoms with Crippen molar-refractivity contribution in [2.45, 2.75) is 52.5 Å². The van der Waals surface area contributed by atoms with Gasteiger partial charge < -0.3 is 14.6 Å². The average Bonchev–Trinajstić information content (AvgIpc) is 3.61. The molecule has 0 unspecified atom stereocenters. The predicted octanol–water partition coefficient (Wildman–Crippen LogP) is 3.49. The normalized spacial score (nSPS) is 13.6. The van der Waals surface area contributed by atoms with Crippen LogP contribution in [0.5, 0.6) is 0 Å². The van der Waals surface area contributed by atoms with Crippen molar-refractivity contribution in [2.75, 3.05) is 18.0 Å². The molecule has 1 fully saturated rings. The van der Waals surface area contributed by atoms with Gasteiger partial charge >= 0.3 is 0 Å². The fourth-order valence-electron chi connectivity index (χ4n) is 4.48. The number of anilines is 1. The van der Waals surface area contributed by atoms with Gasteiger partial charge in [0.25, 0.3) is 11.9 Å². The van der Waals surface area contributed by atoms with Crippen LogP contribution in [0, 0.1) is 6.92 Å². The van der Waals surface area contributed by atoms with Gasteiger partial charge in [0.1, 0.15) is 11.5 Å². The number of imidazole rings is 1. The number of hydrogen-bond acceptors (Lipinski definition) is 6. The monoisotopic (exact) mass is 458 g/mol. The molecule has 1 aliphatic heterocycles. The lowest BCUT2D eigenvalue weighted by Gasteiger charge is -2.19. The van der Waals surface area contributed by atoms with E-state index in [0.29, 0.717) is 18.1 Å². The van der Waals surface area contributed by atoms with Gasteiger partial charge in [-0.3, -0.25) is 4.79 Å². The molecule has 0 radical (unpaired) electrons. The highest BCUT2D eigenvalue weighted by molar-refractivity contribution is 5.95. The topological polar surface area (TPSA) is 93.2 Å². The van der Waals surface area contributed by atoms with E-state index < -0.39 is 0 Å². The minimum atomic E-state index is -0.157. The van der Waals surface area contributed by atoms with E-state index in [2.05, 4.69) is 32.2 Å². The first-order valence-electron chi connectivity index (χ1n) is 12.0. The van der Waals surface area contributed by atoms with E-state index in [1.165, 1.54) is 12.8 Å². The highest BCUT2D eigenvalue weighted by Crippen LogP contribution is 2.23. The summed E-state index contributed by atoms with van der Waals surface area (Å²) in [6, 6.07) is 5.84. The second-order valence-electron chi connectivity index (χ2n) is 8.75.